The third-order valence-electron chi connectivity index (χ3n) is 3.90. The van der Waals surface area contributed by atoms with Gasteiger partial charge in [0.15, 0.2) is 0 Å². The monoisotopic (exact) mass is 242 g/mol. The average Bonchev–Trinajstić information content (AvgIpc) is 2.39. The summed E-state index contributed by atoms with van der Waals surface area (Å²) in [5.74, 6) is 0. The van der Waals surface area contributed by atoms with Crippen LogP contribution in [-0.4, -0.2) is 19.0 Å². The maximum Gasteiger partial charge on any atom is 0.0822 e. The lowest BCUT2D eigenvalue weighted by Crippen LogP contribution is -2.27. The molecule has 2 nitrogen and oxygen atoms in total. The van der Waals surface area contributed by atoms with Gasteiger partial charge < -0.3 is 4.90 Å². The van der Waals surface area contributed by atoms with Crippen LogP contribution in [0.2, 0.25) is 0 Å². The average molecular weight is 242 g/mol. The third-order valence-corrected chi connectivity index (χ3v) is 3.90. The van der Waals surface area contributed by atoms with Crippen molar-refractivity contribution in [2.75, 3.05) is 14.1 Å². The first-order valence-electron chi connectivity index (χ1n) is 6.82. The number of hydrogen-bond acceptors (Lipinski definition) is 2. The van der Waals surface area contributed by atoms with Gasteiger partial charge in [0.1, 0.15) is 0 Å². The lowest BCUT2D eigenvalue weighted by Gasteiger charge is -2.31. The minimum absolute atomic E-state index is 0.222. The SMILES string of the molecule is CN(C)Cc1cccc(C2(C#N)CCCCC2)c1. The minimum Gasteiger partial charge on any atom is -0.305 e. The summed E-state index contributed by atoms with van der Waals surface area (Å²) < 4.78 is 0. The van der Waals surface area contributed by atoms with E-state index in [2.05, 4.69) is 49.3 Å². The second-order valence-electron chi connectivity index (χ2n) is 5.69. The molecule has 96 valence electrons. The molecule has 0 unspecified atom stereocenters. The highest BCUT2D eigenvalue weighted by molar-refractivity contribution is 5.36. The Hall–Kier alpha value is -1.33. The molecule has 0 N–H and O–H groups in total. The van der Waals surface area contributed by atoms with Gasteiger partial charge in [-0.3, -0.25) is 0 Å². The molecular formula is C16H22N2. The number of nitrogens with zero attached hydrogens (tertiary/aromatic N) is 2. The molecule has 0 aliphatic heterocycles. The Morgan fingerprint density at radius 1 is 1.22 bits per heavy atom. The van der Waals surface area contributed by atoms with Crippen LogP contribution in [0, 0.1) is 11.3 Å². The molecule has 0 saturated heterocycles. The molecule has 2 rings (SSSR count). The molecule has 1 aliphatic rings. The van der Waals surface area contributed by atoms with Crippen LogP contribution in [0.4, 0.5) is 0 Å². The highest BCUT2D eigenvalue weighted by Crippen LogP contribution is 2.39. The maximum atomic E-state index is 9.61. The van der Waals surface area contributed by atoms with Crippen molar-refractivity contribution in [1.82, 2.24) is 4.90 Å². The van der Waals surface area contributed by atoms with Crippen molar-refractivity contribution in [3.63, 3.8) is 0 Å². The van der Waals surface area contributed by atoms with Crippen LogP contribution in [0.25, 0.3) is 0 Å². The second-order valence-corrected chi connectivity index (χ2v) is 5.69. The van der Waals surface area contributed by atoms with Crippen LogP contribution in [0.5, 0.6) is 0 Å². The molecule has 2 heteroatoms. The predicted octanol–water partition coefficient (Wildman–Crippen LogP) is 3.47. The summed E-state index contributed by atoms with van der Waals surface area (Å²) in [6.45, 7) is 0.940. The molecule has 1 aromatic carbocycles. The Kier molecular flexibility index (Phi) is 4.04. The highest BCUT2D eigenvalue weighted by atomic mass is 15.0. The highest BCUT2D eigenvalue weighted by Gasteiger charge is 2.33. The van der Waals surface area contributed by atoms with Gasteiger partial charge in [0.25, 0.3) is 0 Å². The maximum absolute atomic E-state index is 9.61. The molecule has 0 radical (unpaired) electrons. The van der Waals surface area contributed by atoms with Crippen molar-refractivity contribution in [1.29, 1.82) is 5.26 Å². The number of nitriles is 1. The summed E-state index contributed by atoms with van der Waals surface area (Å²) in [6.07, 6.45) is 5.70. The van der Waals surface area contributed by atoms with Crippen LogP contribution < -0.4 is 0 Å². The van der Waals surface area contributed by atoms with Crippen molar-refractivity contribution in [2.24, 2.45) is 0 Å². The van der Waals surface area contributed by atoms with Crippen molar-refractivity contribution in [2.45, 2.75) is 44.1 Å². The molecule has 1 aromatic rings. The van der Waals surface area contributed by atoms with E-state index < -0.39 is 0 Å². The van der Waals surface area contributed by atoms with Crippen LogP contribution in [-0.2, 0) is 12.0 Å². The lowest BCUT2D eigenvalue weighted by molar-refractivity contribution is 0.364. The van der Waals surface area contributed by atoms with Gasteiger partial charge in [-0.15, -0.1) is 0 Å². The van der Waals surface area contributed by atoms with Gasteiger partial charge in [-0.2, -0.15) is 5.26 Å². The van der Waals surface area contributed by atoms with E-state index >= 15 is 0 Å². The van der Waals surface area contributed by atoms with E-state index in [1.807, 2.05) is 0 Å². The van der Waals surface area contributed by atoms with Crippen molar-refractivity contribution in [3.05, 3.63) is 35.4 Å². The summed E-state index contributed by atoms with van der Waals surface area (Å²) in [5, 5.41) is 9.61. The first kappa shape index (κ1) is 13.1. The number of hydrogen-bond donors (Lipinski definition) is 0. The summed E-state index contributed by atoms with van der Waals surface area (Å²) >= 11 is 0. The molecule has 18 heavy (non-hydrogen) atoms. The van der Waals surface area contributed by atoms with Crippen LogP contribution in [0.3, 0.4) is 0 Å². The predicted molar refractivity (Wildman–Crippen MR) is 74.2 cm³/mol. The van der Waals surface area contributed by atoms with E-state index in [-0.39, 0.29) is 5.41 Å². The van der Waals surface area contributed by atoms with Crippen molar-refractivity contribution in [3.8, 4) is 6.07 Å². The molecule has 1 fully saturated rings. The first-order valence-corrected chi connectivity index (χ1v) is 6.82. The van der Waals surface area contributed by atoms with Crippen LogP contribution in [0.1, 0.15) is 43.2 Å². The summed E-state index contributed by atoms with van der Waals surface area (Å²) in [6, 6.07) is 11.2. The van der Waals surface area contributed by atoms with Crippen LogP contribution in [0.15, 0.2) is 24.3 Å². The van der Waals surface area contributed by atoms with Gasteiger partial charge in [0.05, 0.1) is 11.5 Å². The largest absolute Gasteiger partial charge is 0.305 e. The third kappa shape index (κ3) is 2.73. The zero-order valence-electron chi connectivity index (χ0n) is 11.4. The number of rotatable bonds is 3. The second kappa shape index (κ2) is 5.54. The van der Waals surface area contributed by atoms with Gasteiger partial charge in [-0.05, 0) is 38.1 Å². The summed E-state index contributed by atoms with van der Waals surface area (Å²) in [4.78, 5) is 2.17. The first-order chi connectivity index (χ1) is 8.66. The summed E-state index contributed by atoms with van der Waals surface area (Å²) in [7, 11) is 4.15. The molecule has 0 bridgehead atoms. The Morgan fingerprint density at radius 2 is 1.94 bits per heavy atom. The zero-order valence-corrected chi connectivity index (χ0v) is 11.4. The van der Waals surface area contributed by atoms with Gasteiger partial charge in [-0.1, -0.05) is 43.5 Å². The molecule has 0 aromatic heterocycles. The Balaban J connectivity index is 2.28. The normalized spacial score (nSPS) is 18.6. The molecule has 0 atom stereocenters. The topological polar surface area (TPSA) is 27.0 Å². The fourth-order valence-electron chi connectivity index (χ4n) is 2.95. The van der Waals surface area contributed by atoms with Crippen molar-refractivity contribution >= 4 is 0 Å². The smallest absolute Gasteiger partial charge is 0.0822 e. The Morgan fingerprint density at radius 3 is 2.56 bits per heavy atom. The molecule has 1 saturated carbocycles. The molecule has 0 amide bonds. The zero-order chi connectivity index (χ0) is 13.0. The van der Waals surface area contributed by atoms with Gasteiger partial charge in [-0.25, -0.2) is 0 Å². The lowest BCUT2D eigenvalue weighted by atomic mass is 9.70. The van der Waals surface area contributed by atoms with E-state index in [4.69, 9.17) is 0 Å². The minimum atomic E-state index is -0.222. The van der Waals surface area contributed by atoms with Gasteiger partial charge in [0.2, 0.25) is 0 Å². The van der Waals surface area contributed by atoms with Crippen molar-refractivity contribution < 1.29 is 0 Å². The fourth-order valence-corrected chi connectivity index (χ4v) is 2.95. The van der Waals surface area contributed by atoms with E-state index in [9.17, 15) is 5.26 Å². The van der Waals surface area contributed by atoms with Gasteiger partial charge >= 0.3 is 0 Å². The van der Waals surface area contributed by atoms with Crippen LogP contribution >= 0.6 is 0 Å². The van der Waals surface area contributed by atoms with E-state index in [0.29, 0.717) is 0 Å². The Bertz CT molecular complexity index is 437. The van der Waals surface area contributed by atoms with E-state index in [1.165, 1.54) is 30.4 Å². The molecule has 0 spiro atoms. The molecule has 0 heterocycles. The molecular weight excluding hydrogens is 220 g/mol. The van der Waals surface area contributed by atoms with E-state index in [0.717, 1.165) is 19.4 Å². The quantitative estimate of drug-likeness (QED) is 0.811. The fraction of sp³-hybridized carbons (Fsp3) is 0.562. The number of benzene rings is 1. The summed E-state index contributed by atoms with van der Waals surface area (Å²) in [5.41, 5.74) is 2.31. The molecule has 1 aliphatic carbocycles. The standard InChI is InChI=1S/C16H22N2/c1-18(2)12-14-7-6-8-15(11-14)16(13-17)9-4-3-5-10-16/h6-8,11H,3-5,9-10,12H2,1-2H3. The van der Waals surface area contributed by atoms with E-state index in [1.54, 1.807) is 0 Å². The van der Waals surface area contributed by atoms with Gasteiger partial charge in [0, 0.05) is 6.54 Å². The Labute approximate surface area is 110 Å².